The molecule has 0 amide bonds. The van der Waals surface area contributed by atoms with E-state index in [1.165, 1.54) is 5.57 Å². The third-order valence-electron chi connectivity index (χ3n) is 2.35. The van der Waals surface area contributed by atoms with Crippen LogP contribution in [0, 0.1) is 5.92 Å². The van der Waals surface area contributed by atoms with Crippen LogP contribution in [0.15, 0.2) is 29.8 Å². The van der Waals surface area contributed by atoms with Crippen molar-refractivity contribution in [1.82, 2.24) is 0 Å². The van der Waals surface area contributed by atoms with Gasteiger partial charge in [0.15, 0.2) is 0 Å². The first-order valence-electron chi connectivity index (χ1n) is 5.34. The highest BCUT2D eigenvalue weighted by Crippen LogP contribution is 2.20. The Labute approximate surface area is 109 Å². The van der Waals surface area contributed by atoms with Crippen molar-refractivity contribution in [2.75, 3.05) is 5.33 Å². The predicted octanol–water partition coefficient (Wildman–Crippen LogP) is 4.72. The molecule has 0 saturated carbocycles. The van der Waals surface area contributed by atoms with Crippen molar-refractivity contribution in [3.05, 3.63) is 35.4 Å². The average molecular weight is 305 g/mol. The van der Waals surface area contributed by atoms with Gasteiger partial charge in [-0.05, 0) is 23.6 Å². The summed E-state index contributed by atoms with van der Waals surface area (Å²) in [6.07, 6.45) is 2.05. The van der Waals surface area contributed by atoms with Crippen LogP contribution in [-0.2, 0) is 0 Å². The standard InChI is InChI=1S/C13H15BrF2O/c1-9(2)11(8-14)7-10-3-5-12(6-4-10)17-13(15)16/h3-7,9,13H,8H2,1-2H3. The van der Waals surface area contributed by atoms with Crippen molar-refractivity contribution in [2.45, 2.75) is 20.5 Å². The predicted molar refractivity (Wildman–Crippen MR) is 69.7 cm³/mol. The number of halogens is 3. The lowest BCUT2D eigenvalue weighted by Gasteiger charge is -2.08. The largest absolute Gasteiger partial charge is 0.435 e. The number of rotatable bonds is 5. The molecule has 0 aliphatic heterocycles. The van der Waals surface area contributed by atoms with E-state index in [0.29, 0.717) is 5.92 Å². The zero-order valence-electron chi connectivity index (χ0n) is 9.79. The van der Waals surface area contributed by atoms with Crippen molar-refractivity contribution in [2.24, 2.45) is 5.92 Å². The molecule has 1 nitrogen and oxygen atoms in total. The van der Waals surface area contributed by atoms with Gasteiger partial charge >= 0.3 is 6.61 Å². The van der Waals surface area contributed by atoms with Gasteiger partial charge < -0.3 is 4.74 Å². The first-order chi connectivity index (χ1) is 8.02. The summed E-state index contributed by atoms with van der Waals surface area (Å²) < 4.78 is 28.2. The molecule has 1 aromatic rings. The topological polar surface area (TPSA) is 9.23 Å². The van der Waals surface area contributed by atoms with E-state index in [1.54, 1.807) is 24.3 Å². The summed E-state index contributed by atoms with van der Waals surface area (Å²) in [5.41, 5.74) is 2.24. The fourth-order valence-corrected chi connectivity index (χ4v) is 2.13. The van der Waals surface area contributed by atoms with Gasteiger partial charge in [-0.25, -0.2) is 0 Å². The summed E-state index contributed by atoms with van der Waals surface area (Å²) in [5.74, 6) is 0.633. The van der Waals surface area contributed by atoms with E-state index in [4.69, 9.17) is 0 Å². The maximum absolute atomic E-state index is 12.0. The molecule has 0 aliphatic rings. The second-order valence-electron chi connectivity index (χ2n) is 3.96. The molecular weight excluding hydrogens is 290 g/mol. The molecule has 0 radical (unpaired) electrons. The molecule has 94 valence electrons. The van der Waals surface area contributed by atoms with E-state index in [2.05, 4.69) is 34.5 Å². The molecule has 0 atom stereocenters. The summed E-state index contributed by atoms with van der Waals surface area (Å²) >= 11 is 3.43. The Hall–Kier alpha value is -0.900. The Morgan fingerprint density at radius 1 is 1.29 bits per heavy atom. The van der Waals surface area contributed by atoms with E-state index in [9.17, 15) is 8.78 Å². The summed E-state index contributed by atoms with van der Waals surface area (Å²) in [7, 11) is 0. The number of alkyl halides is 3. The van der Waals surface area contributed by atoms with Crippen molar-refractivity contribution < 1.29 is 13.5 Å². The van der Waals surface area contributed by atoms with Gasteiger partial charge in [-0.2, -0.15) is 8.78 Å². The minimum Gasteiger partial charge on any atom is -0.435 e. The summed E-state index contributed by atoms with van der Waals surface area (Å²) in [5, 5.41) is 0.806. The van der Waals surface area contributed by atoms with Gasteiger partial charge in [0.2, 0.25) is 0 Å². The van der Waals surface area contributed by atoms with E-state index in [-0.39, 0.29) is 5.75 Å². The minimum absolute atomic E-state index is 0.182. The van der Waals surface area contributed by atoms with E-state index >= 15 is 0 Å². The molecule has 0 aliphatic carbocycles. The lowest BCUT2D eigenvalue weighted by Crippen LogP contribution is -2.01. The molecule has 0 spiro atoms. The second-order valence-corrected chi connectivity index (χ2v) is 4.52. The van der Waals surface area contributed by atoms with Crippen LogP contribution in [0.25, 0.3) is 6.08 Å². The zero-order chi connectivity index (χ0) is 12.8. The smallest absolute Gasteiger partial charge is 0.387 e. The van der Waals surface area contributed by atoms with Crippen molar-refractivity contribution in [3.63, 3.8) is 0 Å². The van der Waals surface area contributed by atoms with E-state index in [1.807, 2.05) is 6.08 Å². The summed E-state index contributed by atoms with van der Waals surface area (Å²) in [6, 6.07) is 6.62. The molecule has 0 N–H and O–H groups in total. The highest BCUT2D eigenvalue weighted by atomic mass is 79.9. The maximum Gasteiger partial charge on any atom is 0.387 e. The lowest BCUT2D eigenvalue weighted by atomic mass is 10.0. The van der Waals surface area contributed by atoms with Crippen LogP contribution in [0.5, 0.6) is 5.75 Å². The minimum atomic E-state index is -2.77. The molecule has 0 bridgehead atoms. The van der Waals surface area contributed by atoms with Crippen LogP contribution in [-0.4, -0.2) is 11.9 Å². The maximum atomic E-state index is 12.0. The van der Waals surface area contributed by atoms with Crippen LogP contribution >= 0.6 is 15.9 Å². The first-order valence-corrected chi connectivity index (χ1v) is 6.46. The number of hydrogen-bond acceptors (Lipinski definition) is 1. The zero-order valence-corrected chi connectivity index (χ0v) is 11.4. The second kappa shape index (κ2) is 6.74. The SMILES string of the molecule is CC(C)C(=Cc1ccc(OC(F)F)cc1)CBr. The molecule has 17 heavy (non-hydrogen) atoms. The average Bonchev–Trinajstić information content (AvgIpc) is 2.26. The number of allylic oxidation sites excluding steroid dienone is 1. The van der Waals surface area contributed by atoms with Crippen molar-refractivity contribution >= 4 is 22.0 Å². The monoisotopic (exact) mass is 304 g/mol. The number of hydrogen-bond donors (Lipinski definition) is 0. The Kier molecular flexibility index (Phi) is 5.62. The molecule has 0 saturated heterocycles. The third-order valence-corrected chi connectivity index (χ3v) is 3.00. The number of benzene rings is 1. The number of ether oxygens (including phenoxy) is 1. The highest BCUT2D eigenvalue weighted by molar-refractivity contribution is 9.09. The quantitative estimate of drug-likeness (QED) is 0.715. The van der Waals surface area contributed by atoms with Crippen molar-refractivity contribution in [3.8, 4) is 5.75 Å². The van der Waals surface area contributed by atoms with Gasteiger partial charge in [0, 0.05) is 5.33 Å². The van der Waals surface area contributed by atoms with E-state index in [0.717, 1.165) is 10.9 Å². The van der Waals surface area contributed by atoms with Gasteiger partial charge in [-0.1, -0.05) is 53.6 Å². The third kappa shape index (κ3) is 4.86. The van der Waals surface area contributed by atoms with Gasteiger partial charge in [0.25, 0.3) is 0 Å². The van der Waals surface area contributed by atoms with Crippen LogP contribution in [0.3, 0.4) is 0 Å². The Bertz CT molecular complexity index is 372. The Morgan fingerprint density at radius 2 is 1.88 bits per heavy atom. The van der Waals surface area contributed by atoms with Crippen LogP contribution in [0.1, 0.15) is 19.4 Å². The lowest BCUT2D eigenvalue weighted by molar-refractivity contribution is -0.0498. The Morgan fingerprint density at radius 3 is 2.29 bits per heavy atom. The van der Waals surface area contributed by atoms with Crippen LogP contribution in [0.4, 0.5) is 8.78 Å². The molecule has 0 unspecified atom stereocenters. The van der Waals surface area contributed by atoms with Gasteiger partial charge in [-0.15, -0.1) is 0 Å². The van der Waals surface area contributed by atoms with Gasteiger partial charge in [-0.3, -0.25) is 0 Å². The fourth-order valence-electron chi connectivity index (χ4n) is 1.32. The highest BCUT2D eigenvalue weighted by Gasteiger charge is 2.04. The van der Waals surface area contributed by atoms with E-state index < -0.39 is 6.61 Å². The van der Waals surface area contributed by atoms with Gasteiger partial charge in [0.05, 0.1) is 0 Å². The summed E-state index contributed by atoms with van der Waals surface area (Å²) in [6.45, 7) is 1.45. The van der Waals surface area contributed by atoms with Gasteiger partial charge in [0.1, 0.15) is 5.75 Å². The Balaban J connectivity index is 2.80. The molecule has 1 rings (SSSR count). The molecular formula is C13H15BrF2O. The summed E-state index contributed by atoms with van der Waals surface area (Å²) in [4.78, 5) is 0. The molecule has 0 fully saturated rings. The fraction of sp³-hybridized carbons (Fsp3) is 0.385. The normalized spacial score (nSPS) is 12.3. The molecule has 1 aromatic carbocycles. The molecule has 0 heterocycles. The molecule has 4 heteroatoms. The van der Waals surface area contributed by atoms with Crippen LogP contribution < -0.4 is 4.74 Å². The molecule has 0 aromatic heterocycles. The van der Waals surface area contributed by atoms with Crippen LogP contribution in [0.2, 0.25) is 0 Å². The first kappa shape index (κ1) is 14.2. The van der Waals surface area contributed by atoms with Crippen molar-refractivity contribution in [1.29, 1.82) is 0 Å².